The second kappa shape index (κ2) is 7.04. The smallest absolute Gasteiger partial charge is 0.333 e. The zero-order valence-corrected chi connectivity index (χ0v) is 16.3. The maximum atomic E-state index is 12.5. The van der Waals surface area contributed by atoms with Crippen molar-refractivity contribution in [3.8, 4) is 5.88 Å². The van der Waals surface area contributed by atoms with Gasteiger partial charge in [0.05, 0.1) is 6.10 Å². The Hall–Kier alpha value is -2.27. The third kappa shape index (κ3) is 3.36. The number of hydrogen-bond donors (Lipinski definition) is 0. The normalized spacial score (nSPS) is 29.1. The second-order valence-corrected chi connectivity index (χ2v) is 7.59. The molecule has 0 aromatic carbocycles. The maximum absolute atomic E-state index is 12.5. The number of nitrogens with zero attached hydrogens (tertiary/aromatic N) is 2. The maximum Gasteiger partial charge on any atom is 0.333 e. The molecule has 148 valence electrons. The van der Waals surface area contributed by atoms with Crippen molar-refractivity contribution < 1.29 is 28.5 Å². The standard InChI is InChI=1S/C16H20N2O8S/c1-6-9(24-7(2)19)10(25-8(3)20)11-15(23-6)26-14-12(27-11)13(21)17(4)16(22)18(14)5/h6,9-11,15H,1-5H3/t6-,9-,10+,11+,15+/m0/s1. The second-order valence-electron chi connectivity index (χ2n) is 6.40. The predicted molar refractivity (Wildman–Crippen MR) is 92.6 cm³/mol. The van der Waals surface area contributed by atoms with Crippen LogP contribution < -0.4 is 16.0 Å². The van der Waals surface area contributed by atoms with Crippen LogP contribution in [-0.2, 0) is 37.9 Å². The van der Waals surface area contributed by atoms with Gasteiger partial charge in [0.15, 0.2) is 12.2 Å². The molecule has 0 unspecified atom stereocenters. The van der Waals surface area contributed by atoms with Crippen LogP contribution in [0.3, 0.4) is 0 Å². The number of thioether (sulfide) groups is 1. The summed E-state index contributed by atoms with van der Waals surface area (Å²) in [5.74, 6) is -1.02. The number of rotatable bonds is 2. The van der Waals surface area contributed by atoms with Gasteiger partial charge in [0.25, 0.3) is 5.56 Å². The zero-order chi connectivity index (χ0) is 20.0. The third-order valence-corrected chi connectivity index (χ3v) is 5.73. The van der Waals surface area contributed by atoms with Gasteiger partial charge in [0, 0.05) is 27.9 Å². The Morgan fingerprint density at radius 3 is 2.22 bits per heavy atom. The monoisotopic (exact) mass is 400 g/mol. The summed E-state index contributed by atoms with van der Waals surface area (Å²) >= 11 is 1.08. The van der Waals surface area contributed by atoms with E-state index in [1.165, 1.54) is 32.5 Å². The largest absolute Gasteiger partial charge is 0.457 e. The molecule has 3 heterocycles. The first-order valence-corrected chi connectivity index (χ1v) is 9.13. The van der Waals surface area contributed by atoms with E-state index < -0.39 is 53.0 Å². The summed E-state index contributed by atoms with van der Waals surface area (Å²) in [5, 5.41) is -0.660. The molecular weight excluding hydrogens is 380 g/mol. The molecule has 2 aliphatic rings. The fourth-order valence-corrected chi connectivity index (χ4v) is 4.52. The number of carbonyl (C=O) groups excluding carboxylic acids is 2. The Morgan fingerprint density at radius 2 is 1.63 bits per heavy atom. The molecule has 1 saturated heterocycles. The quantitative estimate of drug-likeness (QED) is 0.609. The molecule has 2 aliphatic heterocycles. The fourth-order valence-electron chi connectivity index (χ4n) is 3.15. The molecule has 0 spiro atoms. The average Bonchev–Trinajstić information content (AvgIpc) is 2.59. The van der Waals surface area contributed by atoms with Gasteiger partial charge in [-0.3, -0.25) is 23.5 Å². The summed E-state index contributed by atoms with van der Waals surface area (Å²) in [6.07, 6.45) is -3.28. The van der Waals surface area contributed by atoms with E-state index in [1.807, 2.05) is 0 Å². The Morgan fingerprint density at radius 1 is 1.04 bits per heavy atom. The van der Waals surface area contributed by atoms with Crippen molar-refractivity contribution in [2.24, 2.45) is 14.1 Å². The lowest BCUT2D eigenvalue weighted by Gasteiger charge is -2.45. The van der Waals surface area contributed by atoms with Crippen LogP contribution in [0.4, 0.5) is 0 Å². The highest BCUT2D eigenvalue weighted by Gasteiger charge is 2.52. The van der Waals surface area contributed by atoms with Crippen LogP contribution in [0.25, 0.3) is 0 Å². The van der Waals surface area contributed by atoms with Crippen LogP contribution in [0.15, 0.2) is 14.5 Å². The highest BCUT2D eigenvalue weighted by molar-refractivity contribution is 8.00. The van der Waals surface area contributed by atoms with E-state index in [0.717, 1.165) is 16.3 Å². The first kappa shape index (κ1) is 19.5. The van der Waals surface area contributed by atoms with Crippen molar-refractivity contribution in [3.05, 3.63) is 20.8 Å². The fraction of sp³-hybridized carbons (Fsp3) is 0.625. The number of fused-ring (bicyclic) bond motifs is 2. The Kier molecular flexibility index (Phi) is 5.08. The molecule has 0 bridgehead atoms. The summed E-state index contributed by atoms with van der Waals surface area (Å²) < 4.78 is 24.5. The Labute approximate surface area is 158 Å². The lowest BCUT2D eigenvalue weighted by molar-refractivity contribution is -0.232. The van der Waals surface area contributed by atoms with Crippen LogP contribution in [-0.4, -0.2) is 50.9 Å². The van der Waals surface area contributed by atoms with Crippen LogP contribution in [0, 0.1) is 0 Å². The molecule has 3 rings (SSSR count). The average molecular weight is 400 g/mol. The lowest BCUT2D eigenvalue weighted by atomic mass is 10.0. The van der Waals surface area contributed by atoms with Gasteiger partial charge in [-0.25, -0.2) is 4.79 Å². The van der Waals surface area contributed by atoms with E-state index in [9.17, 15) is 19.2 Å². The van der Waals surface area contributed by atoms with Gasteiger partial charge in [-0.15, -0.1) is 11.8 Å². The van der Waals surface area contributed by atoms with Crippen molar-refractivity contribution in [2.75, 3.05) is 0 Å². The molecule has 1 aromatic heterocycles. The number of esters is 2. The molecule has 0 radical (unpaired) electrons. The molecule has 0 saturated carbocycles. The first-order valence-electron chi connectivity index (χ1n) is 8.25. The number of ether oxygens (including phenoxy) is 4. The van der Waals surface area contributed by atoms with Crippen molar-refractivity contribution >= 4 is 23.7 Å². The molecule has 1 aromatic rings. The van der Waals surface area contributed by atoms with E-state index in [4.69, 9.17) is 18.9 Å². The molecule has 11 heteroatoms. The van der Waals surface area contributed by atoms with Crippen molar-refractivity contribution in [1.29, 1.82) is 0 Å². The SMILES string of the molecule is CC(=O)O[C@@H]1[C@@H](OC(C)=O)[C@H](C)O[C@@H]2Oc3c(c(=O)n(C)c(=O)n3C)S[C@@H]21. The molecular formula is C16H20N2O8S. The van der Waals surface area contributed by atoms with Gasteiger partial charge >= 0.3 is 17.6 Å². The molecule has 0 amide bonds. The van der Waals surface area contributed by atoms with Crippen LogP contribution in [0.1, 0.15) is 20.8 Å². The highest BCUT2D eigenvalue weighted by atomic mass is 32.2. The van der Waals surface area contributed by atoms with Crippen LogP contribution in [0.2, 0.25) is 0 Å². The van der Waals surface area contributed by atoms with E-state index in [1.54, 1.807) is 6.92 Å². The minimum atomic E-state index is -0.897. The summed E-state index contributed by atoms with van der Waals surface area (Å²) in [6, 6.07) is 0. The van der Waals surface area contributed by atoms with Crippen molar-refractivity contribution in [2.45, 2.75) is 55.5 Å². The highest BCUT2D eigenvalue weighted by Crippen LogP contribution is 2.43. The summed E-state index contributed by atoms with van der Waals surface area (Å²) in [5.41, 5.74) is -1.06. The van der Waals surface area contributed by atoms with E-state index in [0.29, 0.717) is 0 Å². The summed E-state index contributed by atoms with van der Waals surface area (Å²) in [7, 11) is 2.85. The minimum Gasteiger partial charge on any atom is -0.457 e. The molecule has 10 nitrogen and oxygen atoms in total. The van der Waals surface area contributed by atoms with Gasteiger partial charge < -0.3 is 18.9 Å². The molecule has 1 fully saturated rings. The van der Waals surface area contributed by atoms with E-state index in [-0.39, 0.29) is 10.8 Å². The number of carbonyl (C=O) groups is 2. The molecule has 5 atom stereocenters. The third-order valence-electron chi connectivity index (χ3n) is 4.38. The first-order chi connectivity index (χ1) is 12.6. The summed E-state index contributed by atoms with van der Waals surface area (Å²) in [6.45, 7) is 4.15. The summed E-state index contributed by atoms with van der Waals surface area (Å²) in [4.78, 5) is 48.0. The van der Waals surface area contributed by atoms with Gasteiger partial charge in [0.2, 0.25) is 12.2 Å². The Balaban J connectivity index is 2.07. The number of aromatic nitrogens is 2. The molecule has 27 heavy (non-hydrogen) atoms. The van der Waals surface area contributed by atoms with Crippen LogP contribution >= 0.6 is 11.8 Å². The Bertz CT molecular complexity index is 907. The van der Waals surface area contributed by atoms with Gasteiger partial charge in [0.1, 0.15) is 10.1 Å². The zero-order valence-electron chi connectivity index (χ0n) is 15.5. The predicted octanol–water partition coefficient (Wildman–Crippen LogP) is -0.455. The lowest BCUT2D eigenvalue weighted by Crippen LogP contribution is -2.61. The molecule has 0 aliphatic carbocycles. The topological polar surface area (TPSA) is 115 Å². The van der Waals surface area contributed by atoms with E-state index >= 15 is 0 Å². The molecule has 0 N–H and O–H groups in total. The number of hydrogen-bond acceptors (Lipinski definition) is 9. The van der Waals surface area contributed by atoms with Gasteiger partial charge in [-0.1, -0.05) is 0 Å². The van der Waals surface area contributed by atoms with Crippen molar-refractivity contribution in [3.63, 3.8) is 0 Å². The van der Waals surface area contributed by atoms with Crippen LogP contribution in [0.5, 0.6) is 5.88 Å². The van der Waals surface area contributed by atoms with E-state index in [2.05, 4.69) is 0 Å². The van der Waals surface area contributed by atoms with Gasteiger partial charge in [-0.2, -0.15) is 0 Å². The van der Waals surface area contributed by atoms with Gasteiger partial charge in [-0.05, 0) is 6.92 Å². The van der Waals surface area contributed by atoms with Crippen molar-refractivity contribution in [1.82, 2.24) is 9.13 Å². The minimum absolute atomic E-state index is 0.0917.